The molecule has 1 unspecified atom stereocenters. The number of hydrogen-bond donors (Lipinski definition) is 2. The van der Waals surface area contributed by atoms with E-state index in [0.717, 1.165) is 43.3 Å². The fourth-order valence-electron chi connectivity index (χ4n) is 3.39. The van der Waals surface area contributed by atoms with Crippen LogP contribution in [-0.4, -0.2) is 25.5 Å². The molecule has 1 atom stereocenters. The topological polar surface area (TPSA) is 41.1 Å². The van der Waals surface area contributed by atoms with E-state index in [0.29, 0.717) is 0 Å². The lowest BCUT2D eigenvalue weighted by atomic mass is 10.00. The molecule has 1 fully saturated rings. The molecule has 1 aliphatic carbocycles. The van der Waals surface area contributed by atoms with Crippen LogP contribution in [-0.2, 0) is 12.8 Å². The summed E-state index contributed by atoms with van der Waals surface area (Å²) in [4.78, 5) is 14.7. The number of nitrogens with one attached hydrogen (secondary N) is 2. The van der Waals surface area contributed by atoms with Crippen molar-refractivity contribution in [1.29, 1.82) is 0 Å². The average Bonchev–Trinajstić information content (AvgIpc) is 3.09. The van der Waals surface area contributed by atoms with E-state index in [2.05, 4.69) is 16.7 Å². The fourth-order valence-corrected chi connectivity index (χ4v) is 4.56. The molecular weight excluding hydrogens is 316 g/mol. The maximum Gasteiger partial charge on any atom is 0.261 e. The second-order valence-corrected chi connectivity index (χ2v) is 7.51. The first-order valence-electron chi connectivity index (χ1n) is 8.43. The Bertz CT molecular complexity index is 458. The van der Waals surface area contributed by atoms with Crippen LogP contribution in [0.25, 0.3) is 0 Å². The summed E-state index contributed by atoms with van der Waals surface area (Å²) < 4.78 is 0. The fraction of sp³-hybridized carbons (Fsp3) is 0.706. The molecule has 1 amide bonds. The van der Waals surface area contributed by atoms with Crippen molar-refractivity contribution in [3.05, 3.63) is 21.4 Å². The van der Waals surface area contributed by atoms with Crippen molar-refractivity contribution in [2.24, 2.45) is 5.92 Å². The van der Waals surface area contributed by atoms with Crippen molar-refractivity contribution >= 4 is 29.7 Å². The normalized spacial score (nSPS) is 21.4. The molecule has 2 aliphatic rings. The number of carbonyl (C=O) groups is 1. The van der Waals surface area contributed by atoms with Crippen LogP contribution in [0.2, 0.25) is 0 Å². The number of thiophene rings is 1. The van der Waals surface area contributed by atoms with Crippen molar-refractivity contribution in [2.45, 2.75) is 51.4 Å². The Morgan fingerprint density at radius 2 is 2.09 bits per heavy atom. The highest BCUT2D eigenvalue weighted by molar-refractivity contribution is 7.14. The molecule has 3 rings (SSSR count). The zero-order valence-corrected chi connectivity index (χ0v) is 14.8. The molecule has 3 nitrogen and oxygen atoms in total. The van der Waals surface area contributed by atoms with Crippen molar-refractivity contribution < 1.29 is 4.79 Å². The average molecular weight is 343 g/mol. The number of fused-ring (bicyclic) bond motifs is 1. The zero-order chi connectivity index (χ0) is 14.5. The predicted octanol–water partition coefficient (Wildman–Crippen LogP) is 3.56. The van der Waals surface area contributed by atoms with E-state index in [-0.39, 0.29) is 18.3 Å². The lowest BCUT2D eigenvalue weighted by Gasteiger charge is -2.08. The summed E-state index contributed by atoms with van der Waals surface area (Å²) in [6.07, 6.45) is 9.92. The maximum atomic E-state index is 12.3. The van der Waals surface area contributed by atoms with E-state index in [9.17, 15) is 4.79 Å². The molecule has 22 heavy (non-hydrogen) atoms. The van der Waals surface area contributed by atoms with E-state index in [1.807, 2.05) is 0 Å². The number of carbonyl (C=O) groups excluding carboxylic acids is 1. The minimum atomic E-state index is 0. The molecule has 5 heteroatoms. The summed E-state index contributed by atoms with van der Waals surface area (Å²) in [6, 6.07) is 2.15. The van der Waals surface area contributed by atoms with Gasteiger partial charge in [-0.3, -0.25) is 4.79 Å². The van der Waals surface area contributed by atoms with E-state index < -0.39 is 0 Å². The van der Waals surface area contributed by atoms with Gasteiger partial charge in [-0.05, 0) is 69.2 Å². The minimum Gasteiger partial charge on any atom is -0.351 e. The van der Waals surface area contributed by atoms with Crippen LogP contribution < -0.4 is 10.6 Å². The van der Waals surface area contributed by atoms with E-state index >= 15 is 0 Å². The van der Waals surface area contributed by atoms with E-state index in [1.54, 1.807) is 11.3 Å². The van der Waals surface area contributed by atoms with Crippen LogP contribution >= 0.6 is 23.7 Å². The first kappa shape index (κ1) is 17.8. The highest BCUT2D eigenvalue weighted by Crippen LogP contribution is 2.28. The number of halogens is 1. The van der Waals surface area contributed by atoms with Gasteiger partial charge in [0.15, 0.2) is 0 Å². The molecule has 1 saturated heterocycles. The minimum absolute atomic E-state index is 0. The smallest absolute Gasteiger partial charge is 0.261 e. The first-order valence-corrected chi connectivity index (χ1v) is 9.25. The van der Waals surface area contributed by atoms with Gasteiger partial charge < -0.3 is 10.6 Å². The molecule has 1 aromatic heterocycles. The molecule has 0 aromatic carbocycles. The second kappa shape index (κ2) is 8.90. The van der Waals surface area contributed by atoms with Crippen molar-refractivity contribution in [3.8, 4) is 0 Å². The lowest BCUT2D eigenvalue weighted by Crippen LogP contribution is -2.25. The molecule has 1 aliphatic heterocycles. The summed E-state index contributed by atoms with van der Waals surface area (Å²) in [5.41, 5.74) is 1.44. The Hall–Kier alpha value is -0.580. The van der Waals surface area contributed by atoms with Gasteiger partial charge >= 0.3 is 0 Å². The molecule has 0 saturated carbocycles. The van der Waals surface area contributed by atoms with Gasteiger partial charge in [-0.15, -0.1) is 23.7 Å². The Balaban J connectivity index is 0.00000176. The molecular formula is C17H27ClN2OS. The van der Waals surface area contributed by atoms with Crippen LogP contribution in [0.4, 0.5) is 0 Å². The molecule has 0 radical (unpaired) electrons. The molecule has 2 N–H and O–H groups in total. The van der Waals surface area contributed by atoms with E-state index in [1.165, 1.54) is 49.0 Å². The standard InChI is InChI=1S/C17H26N2OS.ClH/c20-17(19-10-8-13-7-9-18-12-13)16-11-14-5-3-1-2-4-6-15(14)21-16;/h11,13,18H,1-10,12H2,(H,19,20);1H. The van der Waals surface area contributed by atoms with Crippen LogP contribution in [0.1, 0.15) is 58.6 Å². The monoisotopic (exact) mass is 342 g/mol. The van der Waals surface area contributed by atoms with Gasteiger partial charge in [-0.2, -0.15) is 0 Å². The Kier molecular flexibility index (Phi) is 7.19. The summed E-state index contributed by atoms with van der Waals surface area (Å²) >= 11 is 1.72. The summed E-state index contributed by atoms with van der Waals surface area (Å²) in [6.45, 7) is 3.06. The molecule has 124 valence electrons. The molecule has 0 bridgehead atoms. The van der Waals surface area contributed by atoms with Gasteiger partial charge in [0, 0.05) is 11.4 Å². The number of rotatable bonds is 4. The van der Waals surface area contributed by atoms with Crippen LogP contribution in [0.15, 0.2) is 6.07 Å². The number of amides is 1. The van der Waals surface area contributed by atoms with Crippen LogP contribution in [0.3, 0.4) is 0 Å². The van der Waals surface area contributed by atoms with E-state index in [4.69, 9.17) is 0 Å². The van der Waals surface area contributed by atoms with Crippen molar-refractivity contribution in [3.63, 3.8) is 0 Å². The molecule has 0 spiro atoms. The highest BCUT2D eigenvalue weighted by Gasteiger charge is 2.17. The predicted molar refractivity (Wildman–Crippen MR) is 95.4 cm³/mol. The van der Waals surface area contributed by atoms with Gasteiger partial charge in [0.1, 0.15) is 0 Å². The zero-order valence-electron chi connectivity index (χ0n) is 13.2. The maximum absolute atomic E-state index is 12.3. The van der Waals surface area contributed by atoms with Crippen molar-refractivity contribution in [1.82, 2.24) is 10.6 Å². The van der Waals surface area contributed by atoms with Gasteiger partial charge in [0.25, 0.3) is 5.91 Å². The molecule has 1 aromatic rings. The van der Waals surface area contributed by atoms with Gasteiger partial charge in [-0.1, -0.05) is 12.8 Å². The summed E-state index contributed by atoms with van der Waals surface area (Å²) in [5, 5.41) is 6.49. The summed E-state index contributed by atoms with van der Waals surface area (Å²) in [5.74, 6) is 0.881. The first-order chi connectivity index (χ1) is 10.3. The third kappa shape index (κ3) is 4.71. The second-order valence-electron chi connectivity index (χ2n) is 6.38. The van der Waals surface area contributed by atoms with Gasteiger partial charge in [-0.25, -0.2) is 0 Å². The van der Waals surface area contributed by atoms with Crippen molar-refractivity contribution in [2.75, 3.05) is 19.6 Å². The Morgan fingerprint density at radius 3 is 2.86 bits per heavy atom. The SMILES string of the molecule is Cl.O=C(NCCC1CCNC1)c1cc2c(s1)CCCCCC2. The Morgan fingerprint density at radius 1 is 1.27 bits per heavy atom. The third-order valence-corrected chi connectivity index (χ3v) is 5.96. The third-order valence-electron chi connectivity index (χ3n) is 4.72. The largest absolute Gasteiger partial charge is 0.351 e. The van der Waals surface area contributed by atoms with Crippen LogP contribution in [0.5, 0.6) is 0 Å². The highest BCUT2D eigenvalue weighted by atomic mass is 35.5. The Labute approximate surface area is 143 Å². The lowest BCUT2D eigenvalue weighted by molar-refractivity contribution is 0.0955. The van der Waals surface area contributed by atoms with Crippen LogP contribution in [0, 0.1) is 5.92 Å². The molecule has 2 heterocycles. The van der Waals surface area contributed by atoms with Gasteiger partial charge in [0.2, 0.25) is 0 Å². The quantitative estimate of drug-likeness (QED) is 0.878. The summed E-state index contributed by atoms with van der Waals surface area (Å²) in [7, 11) is 0. The van der Waals surface area contributed by atoms with Gasteiger partial charge in [0.05, 0.1) is 4.88 Å². The number of hydrogen-bond acceptors (Lipinski definition) is 3. The number of aryl methyl sites for hydroxylation is 2.